The Labute approximate surface area is 181 Å². The SMILES string of the molecule is O=C(c1cccn1C1CC1)N1CCC2(CCc3c2nc(N2CCOCC2)[nH]c3=O)CC1. The Balaban J connectivity index is 1.23. The Bertz CT molecular complexity index is 1060. The zero-order valence-corrected chi connectivity index (χ0v) is 17.8. The third kappa shape index (κ3) is 3.19. The molecule has 4 aliphatic rings. The van der Waals surface area contributed by atoms with Crippen molar-refractivity contribution < 1.29 is 9.53 Å². The first-order valence-electron chi connectivity index (χ1n) is 11.6. The molecule has 2 aromatic rings. The van der Waals surface area contributed by atoms with Crippen molar-refractivity contribution in [1.82, 2.24) is 19.4 Å². The van der Waals surface area contributed by atoms with Crippen molar-refractivity contribution in [1.29, 1.82) is 0 Å². The van der Waals surface area contributed by atoms with E-state index in [-0.39, 0.29) is 16.9 Å². The molecular weight excluding hydrogens is 394 g/mol. The van der Waals surface area contributed by atoms with E-state index in [1.165, 1.54) is 12.8 Å². The number of likely N-dealkylation sites (tertiary alicyclic amines) is 1. The minimum absolute atomic E-state index is 0.00383. The van der Waals surface area contributed by atoms with Gasteiger partial charge < -0.3 is 19.1 Å². The number of piperidine rings is 1. The van der Waals surface area contributed by atoms with Gasteiger partial charge in [0.1, 0.15) is 5.69 Å². The van der Waals surface area contributed by atoms with Crippen LogP contribution in [0.5, 0.6) is 0 Å². The molecule has 3 fully saturated rings. The molecule has 1 spiro atoms. The Morgan fingerprint density at radius 3 is 2.65 bits per heavy atom. The maximum absolute atomic E-state index is 13.2. The fraction of sp³-hybridized carbons (Fsp3) is 0.609. The molecule has 0 radical (unpaired) electrons. The Morgan fingerprint density at radius 2 is 1.90 bits per heavy atom. The molecule has 1 saturated carbocycles. The summed E-state index contributed by atoms with van der Waals surface area (Å²) in [6, 6.07) is 4.43. The van der Waals surface area contributed by atoms with Crippen LogP contribution in [-0.2, 0) is 16.6 Å². The summed E-state index contributed by atoms with van der Waals surface area (Å²) in [6.45, 7) is 4.25. The van der Waals surface area contributed by atoms with Crippen molar-refractivity contribution in [3.05, 3.63) is 45.6 Å². The molecule has 31 heavy (non-hydrogen) atoms. The number of carbonyl (C=O) groups excluding carboxylic acids is 1. The van der Waals surface area contributed by atoms with Crippen molar-refractivity contribution >= 4 is 11.9 Å². The maximum Gasteiger partial charge on any atom is 0.270 e. The van der Waals surface area contributed by atoms with Crippen LogP contribution in [0.2, 0.25) is 0 Å². The fourth-order valence-corrected chi connectivity index (χ4v) is 5.60. The number of amides is 1. The lowest BCUT2D eigenvalue weighted by molar-refractivity contribution is 0.0652. The van der Waals surface area contributed by atoms with Gasteiger partial charge >= 0.3 is 0 Å². The van der Waals surface area contributed by atoms with Gasteiger partial charge in [-0.3, -0.25) is 14.6 Å². The van der Waals surface area contributed by atoms with Crippen LogP contribution in [0.15, 0.2) is 23.1 Å². The quantitative estimate of drug-likeness (QED) is 0.815. The lowest BCUT2D eigenvalue weighted by Gasteiger charge is -2.39. The van der Waals surface area contributed by atoms with E-state index in [2.05, 4.69) is 14.5 Å². The van der Waals surface area contributed by atoms with Crippen LogP contribution >= 0.6 is 0 Å². The van der Waals surface area contributed by atoms with Gasteiger partial charge in [-0.25, -0.2) is 4.98 Å². The number of nitrogens with one attached hydrogen (secondary N) is 1. The Hall–Kier alpha value is -2.61. The van der Waals surface area contributed by atoms with E-state index in [1.54, 1.807) is 0 Å². The monoisotopic (exact) mass is 423 g/mol. The highest BCUT2D eigenvalue weighted by atomic mass is 16.5. The Kier molecular flexibility index (Phi) is 4.45. The van der Waals surface area contributed by atoms with Gasteiger partial charge in [0.05, 0.1) is 18.9 Å². The molecule has 8 heteroatoms. The van der Waals surface area contributed by atoms with Gasteiger partial charge in [-0.1, -0.05) is 0 Å². The number of nitrogens with zero attached hydrogens (tertiary/aromatic N) is 4. The Morgan fingerprint density at radius 1 is 1.13 bits per heavy atom. The predicted molar refractivity (Wildman–Crippen MR) is 116 cm³/mol. The number of aromatic nitrogens is 3. The molecule has 4 heterocycles. The minimum atomic E-state index is -0.0834. The molecule has 1 amide bonds. The molecule has 2 aromatic heterocycles. The van der Waals surface area contributed by atoms with Crippen molar-refractivity contribution in [2.24, 2.45) is 0 Å². The average Bonchev–Trinajstić information content (AvgIpc) is 3.43. The molecule has 8 nitrogen and oxygen atoms in total. The molecule has 6 rings (SSSR count). The number of ether oxygens (including phenoxy) is 1. The largest absolute Gasteiger partial charge is 0.378 e. The van der Waals surface area contributed by atoms with E-state index >= 15 is 0 Å². The van der Waals surface area contributed by atoms with Gasteiger partial charge in [0.15, 0.2) is 0 Å². The molecule has 2 saturated heterocycles. The van der Waals surface area contributed by atoms with E-state index < -0.39 is 0 Å². The first kappa shape index (κ1) is 19.1. The average molecular weight is 424 g/mol. The zero-order valence-electron chi connectivity index (χ0n) is 17.8. The standard InChI is InChI=1S/C23H29N5O3/c29-20-17-5-6-23(19(17)24-22(25-20)27-12-14-31-15-13-27)7-10-26(11-8-23)21(30)18-2-1-9-28(18)16-3-4-16/h1-2,9,16H,3-8,10-15H2,(H,24,25,29). The number of carbonyl (C=O) groups is 1. The number of anilines is 1. The van der Waals surface area contributed by atoms with E-state index in [0.29, 0.717) is 25.2 Å². The second kappa shape index (κ2) is 7.22. The van der Waals surface area contributed by atoms with E-state index in [0.717, 1.165) is 68.8 Å². The predicted octanol–water partition coefficient (Wildman–Crippen LogP) is 1.86. The van der Waals surface area contributed by atoms with Crippen LogP contribution in [0.25, 0.3) is 0 Å². The highest BCUT2D eigenvalue weighted by Gasteiger charge is 2.45. The highest BCUT2D eigenvalue weighted by molar-refractivity contribution is 5.93. The summed E-state index contributed by atoms with van der Waals surface area (Å²) >= 11 is 0. The number of hydrogen-bond donors (Lipinski definition) is 1. The first-order valence-corrected chi connectivity index (χ1v) is 11.6. The zero-order chi connectivity index (χ0) is 21.0. The van der Waals surface area contributed by atoms with E-state index in [9.17, 15) is 9.59 Å². The second-order valence-electron chi connectivity index (χ2n) is 9.42. The van der Waals surface area contributed by atoms with Crippen LogP contribution in [0, 0.1) is 0 Å². The summed E-state index contributed by atoms with van der Waals surface area (Å²) in [4.78, 5) is 38.1. The number of aromatic amines is 1. The third-order valence-corrected chi connectivity index (χ3v) is 7.62. The molecule has 0 aromatic carbocycles. The lowest BCUT2D eigenvalue weighted by atomic mass is 9.76. The first-order chi connectivity index (χ1) is 15.1. The van der Waals surface area contributed by atoms with Crippen molar-refractivity contribution in [2.75, 3.05) is 44.3 Å². The van der Waals surface area contributed by atoms with Crippen LogP contribution in [0.4, 0.5) is 5.95 Å². The van der Waals surface area contributed by atoms with Crippen molar-refractivity contribution in [3.8, 4) is 0 Å². The number of rotatable bonds is 3. The van der Waals surface area contributed by atoms with Crippen LogP contribution in [-0.4, -0.2) is 64.7 Å². The summed E-state index contributed by atoms with van der Waals surface area (Å²) in [5, 5.41) is 0. The number of hydrogen-bond acceptors (Lipinski definition) is 5. The van der Waals surface area contributed by atoms with Gasteiger partial charge in [-0.05, 0) is 50.7 Å². The summed E-state index contributed by atoms with van der Waals surface area (Å²) < 4.78 is 7.59. The maximum atomic E-state index is 13.2. The molecule has 0 unspecified atom stereocenters. The third-order valence-electron chi connectivity index (χ3n) is 7.62. The van der Waals surface area contributed by atoms with Crippen LogP contribution in [0.1, 0.15) is 59.9 Å². The van der Waals surface area contributed by atoms with Gasteiger partial charge in [0.2, 0.25) is 5.95 Å². The van der Waals surface area contributed by atoms with Gasteiger partial charge in [-0.2, -0.15) is 0 Å². The smallest absolute Gasteiger partial charge is 0.270 e. The normalized spacial score (nSPS) is 22.7. The molecule has 0 bridgehead atoms. The van der Waals surface area contributed by atoms with Gasteiger partial charge in [-0.15, -0.1) is 0 Å². The molecular formula is C23H29N5O3. The minimum Gasteiger partial charge on any atom is -0.378 e. The summed E-state index contributed by atoms with van der Waals surface area (Å²) in [5.74, 6) is 0.812. The fourth-order valence-electron chi connectivity index (χ4n) is 5.60. The molecule has 2 aliphatic heterocycles. The number of morpholine rings is 1. The van der Waals surface area contributed by atoms with E-state index in [4.69, 9.17) is 9.72 Å². The van der Waals surface area contributed by atoms with E-state index in [1.807, 2.05) is 23.2 Å². The van der Waals surface area contributed by atoms with Crippen LogP contribution in [0.3, 0.4) is 0 Å². The summed E-state index contributed by atoms with van der Waals surface area (Å²) in [5.41, 5.74) is 2.56. The van der Waals surface area contributed by atoms with Crippen molar-refractivity contribution in [2.45, 2.75) is 50.0 Å². The lowest BCUT2D eigenvalue weighted by Crippen LogP contribution is -2.45. The molecule has 1 N–H and O–H groups in total. The topological polar surface area (TPSA) is 83.5 Å². The number of H-pyrrole nitrogens is 1. The molecule has 164 valence electrons. The molecule has 2 aliphatic carbocycles. The second-order valence-corrected chi connectivity index (χ2v) is 9.42. The molecule has 0 atom stereocenters. The van der Waals surface area contributed by atoms with Crippen molar-refractivity contribution in [3.63, 3.8) is 0 Å². The highest BCUT2D eigenvalue weighted by Crippen LogP contribution is 2.45. The van der Waals surface area contributed by atoms with Gasteiger partial charge in [0, 0.05) is 49.4 Å². The summed E-state index contributed by atoms with van der Waals surface area (Å²) in [6.07, 6.45) is 7.84. The summed E-state index contributed by atoms with van der Waals surface area (Å²) in [7, 11) is 0. The number of fused-ring (bicyclic) bond motifs is 2. The van der Waals surface area contributed by atoms with Gasteiger partial charge in [0.25, 0.3) is 11.5 Å². The van der Waals surface area contributed by atoms with Crippen LogP contribution < -0.4 is 10.5 Å².